The number of amides is 1. The lowest BCUT2D eigenvalue weighted by molar-refractivity contribution is -0.114. The molecule has 1 amide bonds. The predicted molar refractivity (Wildman–Crippen MR) is 103 cm³/mol. The molecule has 0 fully saturated rings. The molecule has 2 aromatic carbocycles. The number of ether oxygens (including phenoxy) is 1. The maximum absolute atomic E-state index is 12.7. The number of methoxy groups -OCH3 is 1. The van der Waals surface area contributed by atoms with Gasteiger partial charge in [-0.05, 0) is 74.7 Å². The van der Waals surface area contributed by atoms with Crippen molar-refractivity contribution >= 4 is 55.2 Å². The van der Waals surface area contributed by atoms with Crippen molar-refractivity contribution in [2.45, 2.75) is 6.92 Å². The summed E-state index contributed by atoms with van der Waals surface area (Å²) in [4.78, 5) is 12.7. The molecule has 0 spiro atoms. The first-order valence-electron chi connectivity index (χ1n) is 7.21. The average molecular weight is 450 g/mol. The Bertz CT molecular complexity index is 838. The Labute approximate surface area is 157 Å². The summed E-state index contributed by atoms with van der Waals surface area (Å²) in [6, 6.07) is 13.2. The molecule has 0 saturated carbocycles. The van der Waals surface area contributed by atoms with Crippen molar-refractivity contribution in [2.24, 2.45) is 5.10 Å². The molecule has 0 atom stereocenters. The molecule has 1 aliphatic rings. The zero-order chi connectivity index (χ0) is 17.3. The van der Waals surface area contributed by atoms with E-state index < -0.39 is 0 Å². The van der Waals surface area contributed by atoms with Crippen LogP contribution in [0.25, 0.3) is 6.08 Å². The van der Waals surface area contributed by atoms with Gasteiger partial charge in [0, 0.05) is 0 Å². The van der Waals surface area contributed by atoms with Gasteiger partial charge in [0.05, 0.1) is 33.0 Å². The third kappa shape index (κ3) is 3.16. The molecular formula is C18H14Br2N2O2. The van der Waals surface area contributed by atoms with Crippen LogP contribution in [0.1, 0.15) is 12.5 Å². The highest BCUT2D eigenvalue weighted by atomic mass is 79.9. The smallest absolute Gasteiger partial charge is 0.280 e. The zero-order valence-electron chi connectivity index (χ0n) is 13.1. The van der Waals surface area contributed by atoms with Crippen LogP contribution < -0.4 is 9.75 Å². The van der Waals surface area contributed by atoms with Gasteiger partial charge in [-0.15, -0.1) is 0 Å². The number of hydrogen-bond donors (Lipinski definition) is 0. The normalized spacial score (nSPS) is 15.8. The van der Waals surface area contributed by atoms with Gasteiger partial charge in [0.15, 0.2) is 0 Å². The van der Waals surface area contributed by atoms with Crippen molar-refractivity contribution in [3.63, 3.8) is 0 Å². The van der Waals surface area contributed by atoms with Gasteiger partial charge in [0.25, 0.3) is 5.91 Å². The molecule has 0 N–H and O–H groups in total. The number of carbonyl (C=O) groups excluding carboxylic acids is 1. The first-order valence-corrected chi connectivity index (χ1v) is 8.79. The number of para-hydroxylation sites is 1. The number of benzene rings is 2. The summed E-state index contributed by atoms with van der Waals surface area (Å²) in [6.07, 6.45) is 1.83. The second-order valence-corrected chi connectivity index (χ2v) is 6.92. The highest BCUT2D eigenvalue weighted by Crippen LogP contribution is 2.35. The topological polar surface area (TPSA) is 41.9 Å². The summed E-state index contributed by atoms with van der Waals surface area (Å²) >= 11 is 6.95. The molecule has 1 aliphatic heterocycles. The summed E-state index contributed by atoms with van der Waals surface area (Å²) in [5, 5.41) is 5.81. The van der Waals surface area contributed by atoms with Crippen LogP contribution in [0.5, 0.6) is 5.75 Å². The lowest BCUT2D eigenvalue weighted by Gasteiger charge is -2.11. The number of rotatable bonds is 3. The van der Waals surface area contributed by atoms with Crippen molar-refractivity contribution < 1.29 is 9.53 Å². The van der Waals surface area contributed by atoms with Crippen molar-refractivity contribution in [2.75, 3.05) is 12.1 Å². The Kier molecular flexibility index (Phi) is 4.87. The average Bonchev–Trinajstić information content (AvgIpc) is 2.84. The molecule has 0 aromatic heterocycles. The van der Waals surface area contributed by atoms with E-state index in [-0.39, 0.29) is 5.91 Å². The molecule has 0 bridgehead atoms. The van der Waals surface area contributed by atoms with Gasteiger partial charge in [-0.1, -0.05) is 18.2 Å². The summed E-state index contributed by atoms with van der Waals surface area (Å²) in [7, 11) is 1.61. The maximum atomic E-state index is 12.7. The summed E-state index contributed by atoms with van der Waals surface area (Å²) < 4.78 is 6.93. The van der Waals surface area contributed by atoms with Crippen molar-refractivity contribution in [3.8, 4) is 5.75 Å². The van der Waals surface area contributed by atoms with Gasteiger partial charge in [-0.25, -0.2) is 0 Å². The SMILES string of the molecule is COc1c(Br)cc(/C=C2/C(=O)N(c3ccccc3)N=C2C)cc1Br. The van der Waals surface area contributed by atoms with Crippen LogP contribution in [0, 0.1) is 0 Å². The van der Waals surface area contributed by atoms with E-state index in [1.807, 2.05) is 55.5 Å². The van der Waals surface area contributed by atoms with Crippen LogP contribution in [0.3, 0.4) is 0 Å². The number of nitrogens with zero attached hydrogens (tertiary/aromatic N) is 2. The third-order valence-electron chi connectivity index (χ3n) is 3.60. The number of carbonyl (C=O) groups is 1. The van der Waals surface area contributed by atoms with Crippen LogP contribution in [-0.4, -0.2) is 18.7 Å². The van der Waals surface area contributed by atoms with E-state index in [1.165, 1.54) is 5.01 Å². The van der Waals surface area contributed by atoms with Gasteiger partial charge >= 0.3 is 0 Å². The fourth-order valence-corrected chi connectivity index (χ4v) is 4.00. The first kappa shape index (κ1) is 16.9. The molecule has 6 heteroatoms. The monoisotopic (exact) mass is 448 g/mol. The van der Waals surface area contributed by atoms with Gasteiger partial charge in [-0.3, -0.25) is 4.79 Å². The molecule has 0 unspecified atom stereocenters. The third-order valence-corrected chi connectivity index (χ3v) is 4.78. The molecule has 122 valence electrons. The molecule has 1 heterocycles. The molecular weight excluding hydrogens is 436 g/mol. The Morgan fingerprint density at radius 2 is 1.75 bits per heavy atom. The fraction of sp³-hybridized carbons (Fsp3) is 0.111. The summed E-state index contributed by atoms with van der Waals surface area (Å²) in [5.41, 5.74) is 2.89. The van der Waals surface area contributed by atoms with E-state index in [0.717, 1.165) is 20.2 Å². The predicted octanol–water partition coefficient (Wildman–Crippen LogP) is 5.03. The van der Waals surface area contributed by atoms with Crippen molar-refractivity contribution in [1.82, 2.24) is 0 Å². The molecule has 24 heavy (non-hydrogen) atoms. The summed E-state index contributed by atoms with van der Waals surface area (Å²) in [5.74, 6) is 0.577. The quantitative estimate of drug-likeness (QED) is 0.617. The Balaban J connectivity index is 1.97. The van der Waals surface area contributed by atoms with E-state index >= 15 is 0 Å². The van der Waals surface area contributed by atoms with Crippen LogP contribution in [-0.2, 0) is 4.79 Å². The van der Waals surface area contributed by atoms with Crippen molar-refractivity contribution in [1.29, 1.82) is 0 Å². The Morgan fingerprint density at radius 1 is 1.12 bits per heavy atom. The van der Waals surface area contributed by atoms with E-state index in [2.05, 4.69) is 37.0 Å². The van der Waals surface area contributed by atoms with Gasteiger partial charge in [0.2, 0.25) is 0 Å². The van der Waals surface area contributed by atoms with Crippen LogP contribution in [0.2, 0.25) is 0 Å². The summed E-state index contributed by atoms with van der Waals surface area (Å²) in [6.45, 7) is 1.83. The second-order valence-electron chi connectivity index (χ2n) is 5.21. The maximum Gasteiger partial charge on any atom is 0.280 e. The standard InChI is InChI=1S/C18H14Br2N2O2/c1-11-14(8-12-9-15(19)17(24-2)16(20)10-12)18(23)22(21-11)13-6-4-3-5-7-13/h3-10H,1-2H3/b14-8+. The number of halogens is 2. The molecule has 2 aromatic rings. The largest absolute Gasteiger partial charge is 0.494 e. The minimum absolute atomic E-state index is 0.137. The highest BCUT2D eigenvalue weighted by molar-refractivity contribution is 9.11. The Morgan fingerprint density at radius 3 is 2.33 bits per heavy atom. The molecule has 0 aliphatic carbocycles. The van der Waals surface area contributed by atoms with Crippen LogP contribution >= 0.6 is 31.9 Å². The Hall–Kier alpha value is -1.92. The van der Waals surface area contributed by atoms with E-state index in [9.17, 15) is 4.79 Å². The molecule has 0 saturated heterocycles. The molecule has 0 radical (unpaired) electrons. The molecule has 4 nitrogen and oxygen atoms in total. The number of hydrazone groups is 1. The highest BCUT2D eigenvalue weighted by Gasteiger charge is 2.28. The minimum Gasteiger partial charge on any atom is -0.494 e. The second kappa shape index (κ2) is 6.91. The van der Waals surface area contributed by atoms with E-state index in [0.29, 0.717) is 17.0 Å². The van der Waals surface area contributed by atoms with Crippen LogP contribution in [0.4, 0.5) is 5.69 Å². The van der Waals surface area contributed by atoms with Gasteiger partial charge < -0.3 is 4.74 Å². The molecule has 3 rings (SSSR count). The number of anilines is 1. The van der Waals surface area contributed by atoms with Crippen LogP contribution in [0.15, 0.2) is 62.1 Å². The van der Waals surface area contributed by atoms with Gasteiger partial charge in [0.1, 0.15) is 5.75 Å². The van der Waals surface area contributed by atoms with Crippen molar-refractivity contribution in [3.05, 3.63) is 62.5 Å². The zero-order valence-corrected chi connectivity index (χ0v) is 16.3. The lowest BCUT2D eigenvalue weighted by atomic mass is 10.1. The lowest BCUT2D eigenvalue weighted by Crippen LogP contribution is -2.21. The van der Waals surface area contributed by atoms with Gasteiger partial charge in [-0.2, -0.15) is 10.1 Å². The first-order chi connectivity index (χ1) is 11.5. The minimum atomic E-state index is -0.137. The van der Waals surface area contributed by atoms with E-state index in [4.69, 9.17) is 4.74 Å². The number of hydrogen-bond acceptors (Lipinski definition) is 3. The van der Waals surface area contributed by atoms with E-state index in [1.54, 1.807) is 7.11 Å². The fourth-order valence-electron chi connectivity index (χ4n) is 2.45.